The second kappa shape index (κ2) is 22.9. The zero-order valence-electron chi connectivity index (χ0n) is 32.9. The summed E-state index contributed by atoms with van der Waals surface area (Å²) in [6, 6.07) is 25.4. The molecule has 0 bridgehead atoms. The van der Waals surface area contributed by atoms with E-state index in [1.54, 1.807) is 65.3 Å². The van der Waals surface area contributed by atoms with Crippen molar-refractivity contribution in [1.82, 2.24) is 19.6 Å². The number of aromatic nitrogens is 4. The molecule has 2 heterocycles. The van der Waals surface area contributed by atoms with Crippen molar-refractivity contribution in [3.8, 4) is 69.9 Å². The van der Waals surface area contributed by atoms with Gasteiger partial charge >= 0.3 is 0 Å². The second-order valence-corrected chi connectivity index (χ2v) is 12.8. The number of aryl methyl sites for hydroxylation is 2. The molecule has 0 fully saturated rings. The molecule has 0 saturated carbocycles. The molecule has 59 heavy (non-hydrogen) atoms. The molecule has 0 aliphatic carbocycles. The van der Waals surface area contributed by atoms with Crippen molar-refractivity contribution in [2.24, 2.45) is 14.1 Å². The average molecular weight is 856 g/mol. The topological polar surface area (TPSA) is 142 Å². The first-order valence-corrected chi connectivity index (χ1v) is 19.0. The van der Waals surface area contributed by atoms with Crippen LogP contribution in [0.2, 0.25) is 0 Å². The van der Waals surface area contributed by atoms with E-state index in [1.165, 1.54) is 25.3 Å². The van der Waals surface area contributed by atoms with Gasteiger partial charge in [0.2, 0.25) is 11.8 Å². The molecule has 13 heteroatoms. The van der Waals surface area contributed by atoms with Gasteiger partial charge in [-0.15, -0.1) is 12.8 Å². The third-order valence-corrected chi connectivity index (χ3v) is 8.36. The minimum absolute atomic E-state index is 0.0551. The summed E-state index contributed by atoms with van der Waals surface area (Å²) < 4.78 is 19.2. The minimum atomic E-state index is -0.256. The number of phenols is 1. The molecule has 2 amide bonds. The van der Waals surface area contributed by atoms with Gasteiger partial charge in [-0.2, -0.15) is 10.2 Å². The first kappa shape index (κ1) is 44.2. The summed E-state index contributed by atoms with van der Waals surface area (Å²) in [6.07, 6.45) is 23.5. The molecular formula is C46H43BrN6O6. The van der Waals surface area contributed by atoms with E-state index in [-0.39, 0.29) is 24.2 Å². The van der Waals surface area contributed by atoms with Crippen molar-refractivity contribution in [3.05, 3.63) is 133 Å². The van der Waals surface area contributed by atoms with Crippen LogP contribution in [0.4, 0.5) is 11.4 Å². The minimum Gasteiger partial charge on any atom is -0.504 e. The van der Waals surface area contributed by atoms with Gasteiger partial charge in [0, 0.05) is 72.3 Å². The van der Waals surface area contributed by atoms with E-state index in [0.717, 1.165) is 33.4 Å². The maximum atomic E-state index is 12.4. The van der Waals surface area contributed by atoms with Crippen molar-refractivity contribution in [1.29, 1.82) is 0 Å². The standard InChI is InChI=1S/C23H21N3O3.C20H19N3O3.C3H3Br/c1-4-13-29-21-11-9-17(14-22(21)28-3)10-12-23(27)25-20-8-6-5-7-19(20)18-15-24-26(2)16-18;1-23-13-15(12-21-23)16-5-3-4-6-17(16)22-20(25)10-8-14-7-9-18(24)19(11-14)26-2;1-2-3-4/h1,5-12,14-16H,13H2,2-3H3,(H,25,27);3-13,24H,1-2H3,(H,22,25);1H,3H2/b12-10+;10-8+;. The monoisotopic (exact) mass is 854 g/mol. The Labute approximate surface area is 352 Å². The zero-order valence-corrected chi connectivity index (χ0v) is 34.5. The molecule has 0 spiro atoms. The van der Waals surface area contributed by atoms with Crippen molar-refractivity contribution in [2.45, 2.75) is 0 Å². The van der Waals surface area contributed by atoms with Crippen molar-refractivity contribution in [3.63, 3.8) is 0 Å². The number of ether oxygens (including phenoxy) is 3. The van der Waals surface area contributed by atoms with Crippen molar-refractivity contribution in [2.75, 3.05) is 36.8 Å². The number of nitrogens with zero attached hydrogens (tertiary/aromatic N) is 4. The number of hydrogen-bond acceptors (Lipinski definition) is 8. The van der Waals surface area contributed by atoms with E-state index in [0.29, 0.717) is 34.0 Å². The highest BCUT2D eigenvalue weighted by atomic mass is 79.9. The summed E-state index contributed by atoms with van der Waals surface area (Å²) in [7, 11) is 6.72. The molecule has 0 aliphatic heterocycles. The molecule has 0 aliphatic rings. The lowest BCUT2D eigenvalue weighted by Crippen LogP contribution is -2.08. The SMILES string of the molecule is C#CCBr.C#CCOc1ccc(/C=C/C(=O)Nc2ccccc2-c2cnn(C)c2)cc1OC.COc1cc(/C=C/C(=O)Nc2ccccc2-c2cnn(C)c2)ccc1O. The van der Waals surface area contributed by atoms with Crippen LogP contribution < -0.4 is 24.8 Å². The maximum Gasteiger partial charge on any atom is 0.248 e. The Balaban J connectivity index is 0.000000240. The lowest BCUT2D eigenvalue weighted by Gasteiger charge is -2.09. The van der Waals surface area contributed by atoms with Gasteiger partial charge in [0.05, 0.1) is 31.9 Å². The molecule has 300 valence electrons. The number of alkyl halides is 1. The fraction of sp³-hybridized carbons (Fsp3) is 0.130. The Bertz CT molecular complexity index is 2490. The molecule has 6 aromatic rings. The smallest absolute Gasteiger partial charge is 0.248 e. The highest BCUT2D eigenvalue weighted by Gasteiger charge is 2.10. The predicted octanol–water partition coefficient (Wildman–Crippen LogP) is 8.23. The molecule has 2 aromatic heterocycles. The molecule has 0 radical (unpaired) electrons. The summed E-state index contributed by atoms with van der Waals surface area (Å²) in [4.78, 5) is 24.7. The number of hydrogen-bond donors (Lipinski definition) is 3. The van der Waals surface area contributed by atoms with Gasteiger partial charge in [-0.3, -0.25) is 19.0 Å². The van der Waals surface area contributed by atoms with Crippen LogP contribution in [0.15, 0.2) is 122 Å². The van der Waals surface area contributed by atoms with Crippen LogP contribution in [0.25, 0.3) is 34.4 Å². The Morgan fingerprint density at radius 3 is 1.64 bits per heavy atom. The third-order valence-electron chi connectivity index (χ3n) is 8.04. The summed E-state index contributed by atoms with van der Waals surface area (Å²) in [5.74, 6) is 5.77. The number of amides is 2. The van der Waals surface area contributed by atoms with Gasteiger partial charge in [-0.05, 0) is 59.7 Å². The largest absolute Gasteiger partial charge is 0.504 e. The van der Waals surface area contributed by atoms with Crippen LogP contribution in [0.3, 0.4) is 0 Å². The van der Waals surface area contributed by atoms with Crippen LogP contribution in [-0.4, -0.2) is 62.6 Å². The lowest BCUT2D eigenvalue weighted by atomic mass is 10.1. The number of phenolic OH excluding ortho intramolecular Hbond substituents is 1. The number of methoxy groups -OCH3 is 2. The number of halogens is 1. The summed E-state index contributed by atoms with van der Waals surface area (Å²) in [5.41, 5.74) is 6.62. The van der Waals surface area contributed by atoms with E-state index >= 15 is 0 Å². The normalized spacial score (nSPS) is 10.3. The molecule has 3 N–H and O–H groups in total. The summed E-state index contributed by atoms with van der Waals surface area (Å²) >= 11 is 3.01. The number of terminal acetylenes is 2. The summed E-state index contributed by atoms with van der Waals surface area (Å²) in [5, 5.41) is 24.4. The fourth-order valence-corrected chi connectivity index (χ4v) is 5.33. The molecular weight excluding hydrogens is 812 g/mol. The highest BCUT2D eigenvalue weighted by molar-refractivity contribution is 9.09. The third kappa shape index (κ3) is 13.6. The van der Waals surface area contributed by atoms with Crippen LogP contribution >= 0.6 is 15.9 Å². The van der Waals surface area contributed by atoms with Gasteiger partial charge in [-0.25, -0.2) is 0 Å². The molecule has 12 nitrogen and oxygen atoms in total. The summed E-state index contributed by atoms with van der Waals surface area (Å²) in [6.45, 7) is 0.157. The second-order valence-electron chi connectivity index (χ2n) is 12.2. The number of aromatic hydroxyl groups is 1. The number of anilines is 2. The highest BCUT2D eigenvalue weighted by Crippen LogP contribution is 2.31. The maximum absolute atomic E-state index is 12.4. The van der Waals surface area contributed by atoms with E-state index in [1.807, 2.05) is 81.1 Å². The Kier molecular flexibility index (Phi) is 17.2. The van der Waals surface area contributed by atoms with Gasteiger partial charge in [0.15, 0.2) is 23.0 Å². The number of rotatable bonds is 12. The molecule has 0 unspecified atom stereocenters. The Morgan fingerprint density at radius 1 is 0.729 bits per heavy atom. The van der Waals surface area contributed by atoms with Crippen LogP contribution in [0, 0.1) is 24.7 Å². The number of para-hydroxylation sites is 2. The van der Waals surface area contributed by atoms with Gasteiger partial charge in [-0.1, -0.05) is 76.3 Å². The van der Waals surface area contributed by atoms with E-state index in [2.05, 4.69) is 48.6 Å². The van der Waals surface area contributed by atoms with Gasteiger partial charge in [0.1, 0.15) is 6.61 Å². The lowest BCUT2D eigenvalue weighted by molar-refractivity contribution is -0.112. The van der Waals surface area contributed by atoms with E-state index < -0.39 is 0 Å². The quantitative estimate of drug-likeness (QED) is 0.0636. The fourth-order valence-electron chi connectivity index (χ4n) is 5.33. The first-order valence-electron chi connectivity index (χ1n) is 17.8. The first-order chi connectivity index (χ1) is 28.6. The number of carbonyl (C=O) groups is 2. The van der Waals surface area contributed by atoms with Crippen molar-refractivity contribution < 1.29 is 28.9 Å². The van der Waals surface area contributed by atoms with E-state index in [9.17, 15) is 14.7 Å². The zero-order chi connectivity index (χ0) is 42.6. The molecule has 4 aromatic carbocycles. The Morgan fingerprint density at radius 2 is 1.20 bits per heavy atom. The number of carbonyl (C=O) groups excluding carboxylic acids is 2. The molecule has 6 rings (SSSR count). The van der Waals surface area contributed by atoms with Crippen molar-refractivity contribution >= 4 is 51.3 Å². The van der Waals surface area contributed by atoms with Gasteiger partial charge < -0.3 is 30.0 Å². The number of nitrogens with one attached hydrogen (secondary N) is 2. The average Bonchev–Trinajstić information content (AvgIpc) is 3.90. The molecule has 0 atom stereocenters. The van der Waals surface area contributed by atoms with Crippen LogP contribution in [-0.2, 0) is 23.7 Å². The molecule has 0 saturated heterocycles. The van der Waals surface area contributed by atoms with Gasteiger partial charge in [0.25, 0.3) is 0 Å². The predicted molar refractivity (Wildman–Crippen MR) is 237 cm³/mol. The van der Waals surface area contributed by atoms with E-state index in [4.69, 9.17) is 27.1 Å². The van der Waals surface area contributed by atoms with Crippen LogP contribution in [0.5, 0.6) is 23.0 Å². The van der Waals surface area contributed by atoms with Crippen LogP contribution in [0.1, 0.15) is 11.1 Å². The Hall–Kier alpha value is -7.48. The number of benzene rings is 4.